The van der Waals surface area contributed by atoms with Crippen molar-refractivity contribution in [3.05, 3.63) is 64.8 Å². The Bertz CT molecular complexity index is 1210. The maximum Gasteiger partial charge on any atom is 0.321 e. The van der Waals surface area contributed by atoms with Crippen molar-refractivity contribution < 1.29 is 17.8 Å². The van der Waals surface area contributed by atoms with Gasteiger partial charge in [-0.1, -0.05) is 12.1 Å². The van der Waals surface area contributed by atoms with Crippen LogP contribution in [0.15, 0.2) is 69.3 Å². The van der Waals surface area contributed by atoms with E-state index in [0.717, 1.165) is 12.1 Å². The standard InChI is InChI=1S/C16H9N3O5S/c20-19(21)12-7-8-14(15-10(12)4-3-9-17-15)25(22,23)16-18-11-5-1-2-6-13(11)24-16/h1-9H. The molecule has 2 heterocycles. The molecule has 0 radical (unpaired) electrons. The van der Waals surface area contributed by atoms with Crippen molar-refractivity contribution in [3.63, 3.8) is 0 Å². The second-order valence-electron chi connectivity index (χ2n) is 5.19. The fourth-order valence-electron chi connectivity index (χ4n) is 2.57. The van der Waals surface area contributed by atoms with Gasteiger partial charge in [0.2, 0.25) is 0 Å². The smallest absolute Gasteiger partial charge is 0.321 e. The molecule has 0 unspecified atom stereocenters. The summed E-state index contributed by atoms with van der Waals surface area (Å²) >= 11 is 0. The molecule has 0 atom stereocenters. The first kappa shape index (κ1) is 15.2. The minimum Gasteiger partial charge on any atom is -0.428 e. The van der Waals surface area contributed by atoms with Gasteiger partial charge in [-0.25, -0.2) is 8.42 Å². The quantitative estimate of drug-likeness (QED) is 0.409. The summed E-state index contributed by atoms with van der Waals surface area (Å²) in [7, 11) is -4.13. The highest BCUT2D eigenvalue weighted by Gasteiger charge is 2.29. The van der Waals surface area contributed by atoms with E-state index in [-0.39, 0.29) is 21.5 Å². The van der Waals surface area contributed by atoms with Crippen molar-refractivity contribution in [1.82, 2.24) is 9.97 Å². The summed E-state index contributed by atoms with van der Waals surface area (Å²) in [6, 6.07) is 11.9. The maximum absolute atomic E-state index is 12.9. The molecule has 124 valence electrons. The van der Waals surface area contributed by atoms with Crippen LogP contribution >= 0.6 is 0 Å². The Morgan fingerprint density at radius 2 is 1.84 bits per heavy atom. The lowest BCUT2D eigenvalue weighted by Crippen LogP contribution is -2.05. The molecule has 4 aromatic rings. The number of sulfone groups is 1. The summed E-state index contributed by atoms with van der Waals surface area (Å²) in [5, 5.41) is 10.8. The molecular weight excluding hydrogens is 346 g/mol. The van der Waals surface area contributed by atoms with Gasteiger partial charge in [0, 0.05) is 12.3 Å². The van der Waals surface area contributed by atoms with E-state index in [1.807, 2.05) is 0 Å². The van der Waals surface area contributed by atoms with Gasteiger partial charge in [0.1, 0.15) is 10.4 Å². The van der Waals surface area contributed by atoms with Gasteiger partial charge in [-0.05, 0) is 30.3 Å². The number of para-hydroxylation sites is 2. The van der Waals surface area contributed by atoms with E-state index in [2.05, 4.69) is 9.97 Å². The Kier molecular flexibility index (Phi) is 3.25. The number of nitro groups is 1. The number of nitro benzene ring substituents is 1. The van der Waals surface area contributed by atoms with Gasteiger partial charge in [0.05, 0.1) is 15.8 Å². The molecule has 0 saturated carbocycles. The normalized spacial score (nSPS) is 11.8. The minimum absolute atomic E-state index is 0.000967. The highest BCUT2D eigenvalue weighted by atomic mass is 32.2. The van der Waals surface area contributed by atoms with Gasteiger partial charge in [0.15, 0.2) is 5.58 Å². The molecule has 2 aromatic carbocycles. The number of benzene rings is 2. The number of aromatic nitrogens is 2. The van der Waals surface area contributed by atoms with Crippen molar-refractivity contribution in [2.24, 2.45) is 0 Å². The highest BCUT2D eigenvalue weighted by molar-refractivity contribution is 7.91. The molecule has 9 heteroatoms. The number of pyridine rings is 1. The Hall–Kier alpha value is -3.33. The van der Waals surface area contributed by atoms with Crippen LogP contribution in [0.3, 0.4) is 0 Å². The van der Waals surface area contributed by atoms with Crippen molar-refractivity contribution in [3.8, 4) is 0 Å². The molecule has 0 aliphatic carbocycles. The number of hydrogen-bond acceptors (Lipinski definition) is 7. The molecule has 8 nitrogen and oxygen atoms in total. The molecule has 0 aliphatic heterocycles. The number of fused-ring (bicyclic) bond motifs is 2. The molecule has 0 amide bonds. The molecule has 4 rings (SSSR count). The van der Waals surface area contributed by atoms with Crippen molar-refractivity contribution >= 4 is 37.5 Å². The summed E-state index contributed by atoms with van der Waals surface area (Å²) in [5.74, 6) is 0. The summed E-state index contributed by atoms with van der Waals surface area (Å²) in [4.78, 5) is 18.4. The second-order valence-corrected chi connectivity index (χ2v) is 6.99. The lowest BCUT2D eigenvalue weighted by molar-refractivity contribution is -0.383. The summed E-state index contributed by atoms with van der Waals surface area (Å²) in [6.07, 6.45) is 1.37. The van der Waals surface area contributed by atoms with Crippen LogP contribution in [0.2, 0.25) is 0 Å². The Morgan fingerprint density at radius 3 is 2.60 bits per heavy atom. The zero-order chi connectivity index (χ0) is 17.6. The molecule has 25 heavy (non-hydrogen) atoms. The van der Waals surface area contributed by atoms with Crippen LogP contribution < -0.4 is 0 Å². The Morgan fingerprint density at radius 1 is 1.04 bits per heavy atom. The molecule has 0 saturated heterocycles. The molecule has 0 N–H and O–H groups in total. The number of rotatable bonds is 3. The van der Waals surface area contributed by atoms with E-state index < -0.39 is 20.0 Å². The van der Waals surface area contributed by atoms with E-state index in [1.165, 1.54) is 18.3 Å². The Labute approximate surface area is 140 Å². The predicted octanol–water partition coefficient (Wildman–Crippen LogP) is 3.12. The van der Waals surface area contributed by atoms with E-state index in [0.29, 0.717) is 11.1 Å². The average Bonchev–Trinajstić information content (AvgIpc) is 3.05. The monoisotopic (exact) mass is 355 g/mol. The highest BCUT2D eigenvalue weighted by Crippen LogP contribution is 2.33. The van der Waals surface area contributed by atoms with Crippen molar-refractivity contribution in [2.75, 3.05) is 0 Å². The zero-order valence-corrected chi connectivity index (χ0v) is 13.3. The predicted molar refractivity (Wildman–Crippen MR) is 87.9 cm³/mol. The average molecular weight is 355 g/mol. The first-order valence-corrected chi connectivity index (χ1v) is 8.59. The van der Waals surface area contributed by atoms with Crippen LogP contribution in [0.25, 0.3) is 22.0 Å². The van der Waals surface area contributed by atoms with Crippen LogP contribution in [0.5, 0.6) is 0 Å². The van der Waals surface area contributed by atoms with Crippen LogP contribution in [0, 0.1) is 10.1 Å². The molecule has 2 aromatic heterocycles. The molecular formula is C16H9N3O5S. The van der Waals surface area contributed by atoms with Crippen LogP contribution in [0.4, 0.5) is 5.69 Å². The van der Waals surface area contributed by atoms with E-state index in [9.17, 15) is 18.5 Å². The van der Waals surface area contributed by atoms with Gasteiger partial charge in [-0.2, -0.15) is 4.98 Å². The topological polar surface area (TPSA) is 116 Å². The number of hydrogen-bond donors (Lipinski definition) is 0. The zero-order valence-electron chi connectivity index (χ0n) is 12.5. The largest absolute Gasteiger partial charge is 0.428 e. The van der Waals surface area contributed by atoms with Gasteiger partial charge in [-0.3, -0.25) is 15.1 Å². The van der Waals surface area contributed by atoms with Crippen LogP contribution in [-0.2, 0) is 9.84 Å². The second kappa shape index (κ2) is 5.35. The minimum atomic E-state index is -4.13. The number of non-ortho nitro benzene ring substituents is 1. The lowest BCUT2D eigenvalue weighted by Gasteiger charge is -2.05. The van der Waals surface area contributed by atoms with Gasteiger partial charge in [0.25, 0.3) is 15.5 Å². The van der Waals surface area contributed by atoms with Crippen LogP contribution in [0.1, 0.15) is 0 Å². The first-order valence-electron chi connectivity index (χ1n) is 7.11. The molecule has 0 aliphatic rings. The summed E-state index contributed by atoms with van der Waals surface area (Å²) in [6.45, 7) is 0. The lowest BCUT2D eigenvalue weighted by atomic mass is 10.2. The van der Waals surface area contributed by atoms with Crippen LogP contribution in [-0.4, -0.2) is 23.3 Å². The van der Waals surface area contributed by atoms with Crippen molar-refractivity contribution in [1.29, 1.82) is 0 Å². The molecule has 0 spiro atoms. The number of oxazole rings is 1. The van der Waals surface area contributed by atoms with Gasteiger partial charge >= 0.3 is 5.22 Å². The van der Waals surface area contributed by atoms with E-state index in [1.54, 1.807) is 24.3 Å². The third-order valence-electron chi connectivity index (χ3n) is 3.70. The third kappa shape index (κ3) is 2.32. The fourth-order valence-corrected chi connectivity index (χ4v) is 3.84. The molecule has 0 bridgehead atoms. The fraction of sp³-hybridized carbons (Fsp3) is 0. The van der Waals surface area contributed by atoms with Gasteiger partial charge < -0.3 is 4.42 Å². The summed E-state index contributed by atoms with van der Waals surface area (Å²) in [5.41, 5.74) is 0.513. The SMILES string of the molecule is O=[N+]([O-])c1ccc(S(=O)(=O)c2nc3ccccc3o2)c2ncccc12. The molecule has 0 fully saturated rings. The maximum atomic E-state index is 12.9. The van der Waals surface area contributed by atoms with Crippen molar-refractivity contribution in [2.45, 2.75) is 10.1 Å². The summed E-state index contributed by atoms with van der Waals surface area (Å²) < 4.78 is 31.2. The number of nitrogens with zero attached hydrogens (tertiary/aromatic N) is 3. The van der Waals surface area contributed by atoms with E-state index >= 15 is 0 Å². The van der Waals surface area contributed by atoms with Gasteiger partial charge in [-0.15, -0.1) is 0 Å². The Balaban J connectivity index is 2.00. The first-order chi connectivity index (χ1) is 12.0. The van der Waals surface area contributed by atoms with E-state index in [4.69, 9.17) is 4.42 Å². The third-order valence-corrected chi connectivity index (χ3v) is 5.24.